The summed E-state index contributed by atoms with van der Waals surface area (Å²) in [5.41, 5.74) is 1.88. The largest absolute Gasteiger partial charge is 0.350 e. The maximum Gasteiger partial charge on any atom is 0.244 e. The van der Waals surface area contributed by atoms with Crippen LogP contribution in [0.3, 0.4) is 0 Å². The number of halogens is 1. The number of nitrogens with one attached hydrogen (secondary N) is 1. The lowest BCUT2D eigenvalue weighted by Gasteiger charge is -2.33. The molecule has 9 heteroatoms. The van der Waals surface area contributed by atoms with Gasteiger partial charge in [0.25, 0.3) is 0 Å². The van der Waals surface area contributed by atoms with E-state index in [0.717, 1.165) is 21.7 Å². The molecule has 0 aliphatic rings. The Hall–Kier alpha value is -2.94. The smallest absolute Gasteiger partial charge is 0.244 e. The molecule has 0 saturated carbocycles. The van der Waals surface area contributed by atoms with Crippen LogP contribution in [0.2, 0.25) is 0 Å². The van der Waals surface area contributed by atoms with Gasteiger partial charge in [-0.2, -0.15) is 0 Å². The van der Waals surface area contributed by atoms with Crippen LogP contribution in [0, 0.1) is 19.7 Å². The van der Waals surface area contributed by atoms with E-state index in [1.54, 1.807) is 31.2 Å². The van der Waals surface area contributed by atoms with E-state index < -0.39 is 45.8 Å². The van der Waals surface area contributed by atoms with E-state index >= 15 is 0 Å². The van der Waals surface area contributed by atoms with Crippen LogP contribution in [0.4, 0.5) is 10.1 Å². The summed E-state index contributed by atoms with van der Waals surface area (Å²) in [6.45, 7) is 10.0. The zero-order valence-corrected chi connectivity index (χ0v) is 21.7. The molecule has 0 aromatic heterocycles. The van der Waals surface area contributed by atoms with E-state index in [0.29, 0.717) is 5.69 Å². The van der Waals surface area contributed by atoms with Gasteiger partial charge in [0.2, 0.25) is 21.8 Å². The third-order valence-corrected chi connectivity index (χ3v) is 6.56. The minimum atomic E-state index is -3.82. The van der Waals surface area contributed by atoms with Gasteiger partial charge in [-0.15, -0.1) is 0 Å². The number of nitrogens with zero attached hydrogens (tertiary/aromatic N) is 2. The van der Waals surface area contributed by atoms with E-state index in [1.807, 2.05) is 34.6 Å². The highest BCUT2D eigenvalue weighted by molar-refractivity contribution is 7.92. The number of sulfonamides is 1. The summed E-state index contributed by atoms with van der Waals surface area (Å²) in [5, 5.41) is 2.83. The van der Waals surface area contributed by atoms with Crippen molar-refractivity contribution in [2.75, 3.05) is 17.1 Å². The topological polar surface area (TPSA) is 86.8 Å². The van der Waals surface area contributed by atoms with E-state index in [2.05, 4.69) is 5.32 Å². The van der Waals surface area contributed by atoms with Crippen molar-refractivity contribution >= 4 is 27.5 Å². The number of amides is 2. The summed E-state index contributed by atoms with van der Waals surface area (Å²) < 4.78 is 40.6. The second-order valence-electron chi connectivity index (χ2n) is 9.57. The molecule has 186 valence electrons. The van der Waals surface area contributed by atoms with Gasteiger partial charge in [-0.1, -0.05) is 24.3 Å². The Morgan fingerprint density at radius 1 is 1.06 bits per heavy atom. The average molecular weight is 492 g/mol. The number of benzene rings is 2. The fourth-order valence-electron chi connectivity index (χ4n) is 3.36. The van der Waals surface area contributed by atoms with Crippen LogP contribution in [-0.4, -0.2) is 49.5 Å². The van der Waals surface area contributed by atoms with Crippen LogP contribution in [0.5, 0.6) is 0 Å². The normalized spacial score (nSPS) is 12.7. The van der Waals surface area contributed by atoms with Gasteiger partial charge in [-0.05, 0) is 70.9 Å². The zero-order chi connectivity index (χ0) is 25.8. The zero-order valence-electron chi connectivity index (χ0n) is 20.8. The van der Waals surface area contributed by atoms with Gasteiger partial charge >= 0.3 is 0 Å². The van der Waals surface area contributed by atoms with Gasteiger partial charge in [0.15, 0.2) is 0 Å². The Labute approximate surface area is 202 Å². The Bertz CT molecular complexity index is 1160. The van der Waals surface area contributed by atoms with Crippen molar-refractivity contribution in [3.63, 3.8) is 0 Å². The van der Waals surface area contributed by atoms with Gasteiger partial charge < -0.3 is 10.2 Å². The van der Waals surface area contributed by atoms with Gasteiger partial charge in [-0.3, -0.25) is 13.9 Å². The lowest BCUT2D eigenvalue weighted by atomic mass is 10.1. The van der Waals surface area contributed by atoms with Crippen LogP contribution in [0.15, 0.2) is 42.5 Å². The molecule has 0 spiro atoms. The summed E-state index contributed by atoms with van der Waals surface area (Å²) in [7, 11) is -3.82. The molecule has 0 aliphatic carbocycles. The van der Waals surface area contributed by atoms with Crippen molar-refractivity contribution in [1.29, 1.82) is 0 Å². The highest BCUT2D eigenvalue weighted by Gasteiger charge is 2.31. The van der Waals surface area contributed by atoms with E-state index in [4.69, 9.17) is 0 Å². The molecule has 0 fully saturated rings. The number of anilines is 1. The molecule has 0 saturated heterocycles. The third-order valence-electron chi connectivity index (χ3n) is 5.42. The molecule has 1 atom stereocenters. The first-order valence-corrected chi connectivity index (χ1v) is 12.8. The molecule has 0 heterocycles. The van der Waals surface area contributed by atoms with Crippen molar-refractivity contribution in [2.45, 2.75) is 59.7 Å². The Balaban J connectivity index is 2.44. The maximum atomic E-state index is 14.4. The predicted molar refractivity (Wildman–Crippen MR) is 132 cm³/mol. The van der Waals surface area contributed by atoms with Crippen LogP contribution < -0.4 is 9.62 Å². The number of hydrogen-bond acceptors (Lipinski definition) is 4. The molecule has 2 aromatic carbocycles. The lowest BCUT2D eigenvalue weighted by Crippen LogP contribution is -2.54. The Morgan fingerprint density at radius 3 is 2.21 bits per heavy atom. The van der Waals surface area contributed by atoms with Crippen molar-refractivity contribution in [2.24, 2.45) is 0 Å². The predicted octanol–water partition coefficient (Wildman–Crippen LogP) is 3.54. The molecular weight excluding hydrogens is 457 g/mol. The molecule has 0 aliphatic heterocycles. The average Bonchev–Trinajstić information content (AvgIpc) is 2.70. The molecule has 34 heavy (non-hydrogen) atoms. The first-order chi connectivity index (χ1) is 15.6. The fraction of sp³-hybridized carbons (Fsp3) is 0.440. The second kappa shape index (κ2) is 10.5. The van der Waals surface area contributed by atoms with Gasteiger partial charge in [0, 0.05) is 17.6 Å². The first kappa shape index (κ1) is 27.3. The molecule has 2 rings (SSSR count). The molecule has 1 N–H and O–H groups in total. The van der Waals surface area contributed by atoms with Gasteiger partial charge in [0.05, 0.1) is 11.9 Å². The van der Waals surface area contributed by atoms with Crippen LogP contribution >= 0.6 is 0 Å². The minimum Gasteiger partial charge on any atom is -0.350 e. The Morgan fingerprint density at radius 2 is 1.68 bits per heavy atom. The molecule has 2 amide bonds. The standard InChI is InChI=1S/C25H34FN3O4S/c1-17-12-13-21(14-18(17)2)29(34(7,32)33)16-23(30)28(15-20-10-8-9-11-22(20)26)19(3)24(31)27-25(4,5)6/h8-14,19H,15-16H2,1-7H3,(H,27,31)/t19-/m1/s1. The fourth-order valence-corrected chi connectivity index (χ4v) is 4.20. The van der Waals surface area contributed by atoms with Gasteiger partial charge in [-0.25, -0.2) is 12.8 Å². The number of carbonyl (C=O) groups is 2. The van der Waals surface area contributed by atoms with E-state index in [9.17, 15) is 22.4 Å². The summed E-state index contributed by atoms with van der Waals surface area (Å²) in [4.78, 5) is 27.6. The van der Waals surface area contributed by atoms with E-state index in [1.165, 1.54) is 23.1 Å². The van der Waals surface area contributed by atoms with Crippen molar-refractivity contribution in [3.8, 4) is 0 Å². The maximum absolute atomic E-state index is 14.4. The molecule has 7 nitrogen and oxygen atoms in total. The number of hydrogen-bond donors (Lipinski definition) is 1. The van der Waals surface area contributed by atoms with Crippen molar-refractivity contribution in [1.82, 2.24) is 10.2 Å². The summed E-state index contributed by atoms with van der Waals surface area (Å²) in [6, 6.07) is 10.1. The Kier molecular flexibility index (Phi) is 8.47. The highest BCUT2D eigenvalue weighted by Crippen LogP contribution is 2.22. The van der Waals surface area contributed by atoms with Crippen molar-refractivity contribution in [3.05, 3.63) is 65.0 Å². The first-order valence-electron chi connectivity index (χ1n) is 11.0. The summed E-state index contributed by atoms with van der Waals surface area (Å²) >= 11 is 0. The van der Waals surface area contributed by atoms with Crippen LogP contribution in [-0.2, 0) is 26.2 Å². The summed E-state index contributed by atoms with van der Waals surface area (Å²) in [6.07, 6.45) is 1.02. The highest BCUT2D eigenvalue weighted by atomic mass is 32.2. The molecule has 0 radical (unpaired) electrons. The summed E-state index contributed by atoms with van der Waals surface area (Å²) in [5.74, 6) is -1.56. The number of rotatable bonds is 8. The monoisotopic (exact) mass is 491 g/mol. The lowest BCUT2D eigenvalue weighted by molar-refractivity contribution is -0.140. The number of aryl methyl sites for hydroxylation is 2. The second-order valence-corrected chi connectivity index (χ2v) is 11.5. The van der Waals surface area contributed by atoms with Crippen LogP contribution in [0.1, 0.15) is 44.4 Å². The quantitative estimate of drug-likeness (QED) is 0.612. The molecule has 0 bridgehead atoms. The van der Waals surface area contributed by atoms with Crippen molar-refractivity contribution < 1.29 is 22.4 Å². The van der Waals surface area contributed by atoms with E-state index in [-0.39, 0.29) is 12.1 Å². The SMILES string of the molecule is Cc1ccc(N(CC(=O)N(Cc2ccccc2F)[C@H](C)C(=O)NC(C)(C)C)S(C)(=O)=O)cc1C. The molecular formula is C25H34FN3O4S. The number of carbonyl (C=O) groups excluding carboxylic acids is 2. The van der Waals surface area contributed by atoms with Gasteiger partial charge in [0.1, 0.15) is 18.4 Å². The molecule has 2 aromatic rings. The third kappa shape index (κ3) is 7.28. The minimum absolute atomic E-state index is 0.186. The van der Waals surface area contributed by atoms with Crippen LogP contribution in [0.25, 0.3) is 0 Å². The molecule has 0 unspecified atom stereocenters.